The molecule has 1 N–H and O–H groups in total. The number of aromatic nitrogens is 3. The number of nitrogens with zero attached hydrogens (tertiary/aromatic N) is 4. The predicted molar refractivity (Wildman–Crippen MR) is 169 cm³/mol. The van der Waals surface area contributed by atoms with Crippen LogP contribution in [0.3, 0.4) is 0 Å². The molecule has 3 aliphatic rings. The number of carbonyl (C=O) groups is 1. The Morgan fingerprint density at radius 2 is 2.00 bits per heavy atom. The molecule has 0 radical (unpaired) electrons. The maximum atomic E-state index is 11.7. The summed E-state index contributed by atoms with van der Waals surface area (Å²) in [6, 6.07) is 10.1. The fourth-order valence-electron chi connectivity index (χ4n) is 6.46. The maximum Gasteiger partial charge on any atom is 0.342 e. The number of allylic oxidation sites excluding steroid dienone is 3. The molecular weight excluding hydrogens is 572 g/mol. The van der Waals surface area contributed by atoms with Crippen molar-refractivity contribution in [3.63, 3.8) is 0 Å². The average molecular weight is 615 g/mol. The molecule has 0 bridgehead atoms. The third-order valence-electron chi connectivity index (χ3n) is 8.74. The van der Waals surface area contributed by atoms with Crippen LogP contribution in [-0.2, 0) is 33.8 Å². The molecule has 3 aromatic rings. The first-order chi connectivity index (χ1) is 21.6. The summed E-state index contributed by atoms with van der Waals surface area (Å²) in [6.07, 6.45) is 6.36. The van der Waals surface area contributed by atoms with E-state index in [-0.39, 0.29) is 17.5 Å². The van der Waals surface area contributed by atoms with E-state index in [9.17, 15) is 9.90 Å². The molecule has 1 saturated heterocycles. The van der Waals surface area contributed by atoms with Gasteiger partial charge >= 0.3 is 5.97 Å². The van der Waals surface area contributed by atoms with Crippen LogP contribution in [0.4, 0.5) is 0 Å². The summed E-state index contributed by atoms with van der Waals surface area (Å²) in [6.45, 7) is 14.3. The first-order valence-electron chi connectivity index (χ1n) is 15.7. The molecule has 10 heteroatoms. The highest BCUT2D eigenvalue weighted by atomic mass is 16.7. The van der Waals surface area contributed by atoms with Gasteiger partial charge in [0.1, 0.15) is 17.9 Å². The SMILES string of the molecule is CCOc1c(C(=O)O)cnn1-c1cccc(C2=CCCC(C)=C2OCc2ccc3c(c2C)CCN(C[C@H]2COC(C)(C)O2)C3)n1. The summed E-state index contributed by atoms with van der Waals surface area (Å²) in [5.41, 5.74) is 8.10. The zero-order chi connectivity index (χ0) is 31.7. The molecule has 1 atom stereocenters. The van der Waals surface area contributed by atoms with Crippen molar-refractivity contribution >= 4 is 11.5 Å². The van der Waals surface area contributed by atoms with Gasteiger partial charge in [-0.05, 0) is 93.8 Å². The summed E-state index contributed by atoms with van der Waals surface area (Å²) >= 11 is 0. The summed E-state index contributed by atoms with van der Waals surface area (Å²) in [5, 5.41) is 13.9. The van der Waals surface area contributed by atoms with Crippen molar-refractivity contribution in [3.8, 4) is 11.7 Å². The molecule has 1 fully saturated rings. The second-order valence-corrected chi connectivity index (χ2v) is 12.4. The van der Waals surface area contributed by atoms with Gasteiger partial charge in [0, 0.05) is 25.2 Å². The number of carboxylic acids is 1. The molecule has 2 aromatic heterocycles. The zero-order valence-electron chi connectivity index (χ0n) is 26.8. The van der Waals surface area contributed by atoms with E-state index in [2.05, 4.69) is 42.1 Å². The van der Waals surface area contributed by atoms with Crippen molar-refractivity contribution in [1.82, 2.24) is 19.7 Å². The second-order valence-electron chi connectivity index (χ2n) is 12.4. The molecule has 0 unspecified atom stereocenters. The minimum absolute atomic E-state index is 0.00435. The Kier molecular flexibility index (Phi) is 8.81. The first kappa shape index (κ1) is 31.0. The van der Waals surface area contributed by atoms with Crippen LogP contribution >= 0.6 is 0 Å². The summed E-state index contributed by atoms with van der Waals surface area (Å²) < 4.78 is 25.5. The van der Waals surface area contributed by atoms with Gasteiger partial charge in [0.2, 0.25) is 5.88 Å². The number of hydrogen-bond acceptors (Lipinski definition) is 8. The fraction of sp³-hybridized carbons (Fsp3) is 0.457. The number of benzene rings is 1. The van der Waals surface area contributed by atoms with Crippen LogP contribution in [0.25, 0.3) is 11.4 Å². The summed E-state index contributed by atoms with van der Waals surface area (Å²) in [5.74, 6) is -0.123. The predicted octanol–water partition coefficient (Wildman–Crippen LogP) is 5.85. The smallest absolute Gasteiger partial charge is 0.342 e. The van der Waals surface area contributed by atoms with Gasteiger partial charge in [-0.1, -0.05) is 24.3 Å². The number of hydrogen-bond donors (Lipinski definition) is 1. The number of carboxylic acid groups (broad SMARTS) is 1. The van der Waals surface area contributed by atoms with E-state index in [1.54, 1.807) is 13.0 Å². The number of rotatable bonds is 10. The van der Waals surface area contributed by atoms with Crippen molar-refractivity contribution in [3.05, 3.63) is 87.4 Å². The molecule has 10 nitrogen and oxygen atoms in total. The van der Waals surface area contributed by atoms with Gasteiger partial charge in [0.15, 0.2) is 11.6 Å². The molecule has 6 rings (SSSR count). The molecule has 1 aliphatic carbocycles. The van der Waals surface area contributed by atoms with Crippen molar-refractivity contribution < 1.29 is 28.8 Å². The Labute approximate surface area is 264 Å². The lowest BCUT2D eigenvalue weighted by Crippen LogP contribution is -2.38. The highest BCUT2D eigenvalue weighted by Crippen LogP contribution is 2.35. The lowest BCUT2D eigenvalue weighted by atomic mass is 9.91. The second kappa shape index (κ2) is 12.8. The third kappa shape index (κ3) is 6.54. The highest BCUT2D eigenvalue weighted by molar-refractivity contribution is 5.90. The lowest BCUT2D eigenvalue weighted by molar-refractivity contribution is -0.140. The minimum atomic E-state index is -1.10. The van der Waals surface area contributed by atoms with Gasteiger partial charge in [-0.15, -0.1) is 0 Å². The van der Waals surface area contributed by atoms with Crippen LogP contribution in [0.5, 0.6) is 5.88 Å². The van der Waals surface area contributed by atoms with Crippen LogP contribution in [0.15, 0.2) is 53.9 Å². The van der Waals surface area contributed by atoms with E-state index < -0.39 is 11.8 Å². The Morgan fingerprint density at radius 1 is 1.16 bits per heavy atom. The van der Waals surface area contributed by atoms with Crippen LogP contribution in [-0.4, -0.2) is 68.9 Å². The van der Waals surface area contributed by atoms with E-state index in [1.165, 1.54) is 38.7 Å². The monoisotopic (exact) mass is 614 g/mol. The summed E-state index contributed by atoms with van der Waals surface area (Å²) in [4.78, 5) is 19.1. The van der Waals surface area contributed by atoms with Crippen LogP contribution < -0.4 is 4.74 Å². The van der Waals surface area contributed by atoms with E-state index >= 15 is 0 Å². The van der Waals surface area contributed by atoms with Crippen molar-refractivity contribution in [1.29, 1.82) is 0 Å². The Morgan fingerprint density at radius 3 is 2.76 bits per heavy atom. The molecule has 45 heavy (non-hydrogen) atoms. The standard InChI is InChI=1S/C35H42N4O6/c1-6-42-33-29(34(40)41)17-36-39(33)31-12-8-11-30(37-31)28-10-7-9-22(2)32(28)43-20-25-14-13-24-18-38(16-15-27(24)23(25)3)19-26-21-44-35(4,5)45-26/h8,10-14,17,26H,6-7,9,15-16,18-21H2,1-5H3,(H,40,41)/t26-/m0/s1. The maximum absolute atomic E-state index is 11.7. The van der Waals surface area contributed by atoms with Crippen molar-refractivity contribution in [2.75, 3.05) is 26.3 Å². The van der Waals surface area contributed by atoms with Gasteiger partial charge in [-0.2, -0.15) is 9.78 Å². The first-order valence-corrected chi connectivity index (χ1v) is 15.7. The summed E-state index contributed by atoms with van der Waals surface area (Å²) in [7, 11) is 0. The highest BCUT2D eigenvalue weighted by Gasteiger charge is 2.34. The molecule has 0 amide bonds. The number of fused-ring (bicyclic) bond motifs is 1. The minimum Gasteiger partial charge on any atom is -0.488 e. The van der Waals surface area contributed by atoms with Crippen LogP contribution in [0.1, 0.15) is 78.8 Å². The van der Waals surface area contributed by atoms with Crippen LogP contribution in [0.2, 0.25) is 0 Å². The van der Waals surface area contributed by atoms with Gasteiger partial charge in [0.05, 0.1) is 31.2 Å². The molecule has 238 valence electrons. The van der Waals surface area contributed by atoms with Gasteiger partial charge in [-0.3, -0.25) is 4.90 Å². The van der Waals surface area contributed by atoms with Gasteiger partial charge < -0.3 is 24.1 Å². The topological polar surface area (TPSA) is 108 Å². The van der Waals surface area contributed by atoms with Crippen molar-refractivity contribution in [2.24, 2.45) is 0 Å². The lowest BCUT2D eigenvalue weighted by Gasteiger charge is -2.32. The third-order valence-corrected chi connectivity index (χ3v) is 8.74. The van der Waals surface area contributed by atoms with E-state index in [4.69, 9.17) is 23.9 Å². The van der Waals surface area contributed by atoms with Gasteiger partial charge in [0.25, 0.3) is 0 Å². The number of aromatic carboxylic acids is 1. The Hall–Kier alpha value is -3.99. The zero-order valence-corrected chi connectivity index (χ0v) is 26.8. The average Bonchev–Trinajstić information content (AvgIpc) is 3.59. The van der Waals surface area contributed by atoms with Crippen LogP contribution in [0, 0.1) is 6.92 Å². The Balaban J connectivity index is 1.18. The van der Waals surface area contributed by atoms with Gasteiger partial charge in [-0.25, -0.2) is 9.78 Å². The van der Waals surface area contributed by atoms with E-state index in [1.807, 2.05) is 26.0 Å². The molecule has 1 aromatic carbocycles. The fourth-order valence-corrected chi connectivity index (χ4v) is 6.46. The Bertz CT molecular complexity index is 1660. The molecule has 0 saturated carbocycles. The molecule has 0 spiro atoms. The number of ether oxygens (including phenoxy) is 4. The quantitative estimate of drug-likeness (QED) is 0.301. The molecular formula is C35H42N4O6. The normalized spacial score (nSPS) is 19.8. The van der Waals surface area contributed by atoms with E-state index in [0.717, 1.165) is 55.9 Å². The molecule has 2 aliphatic heterocycles. The van der Waals surface area contributed by atoms with E-state index in [0.29, 0.717) is 25.6 Å². The van der Waals surface area contributed by atoms with Crippen molar-refractivity contribution in [2.45, 2.75) is 78.9 Å². The largest absolute Gasteiger partial charge is 0.488 e. The molecule has 4 heterocycles. The number of pyridine rings is 1.